The highest BCUT2D eigenvalue weighted by atomic mass is 19.1. The summed E-state index contributed by atoms with van der Waals surface area (Å²) in [6.07, 6.45) is 1.74. The first kappa shape index (κ1) is 15.2. The van der Waals surface area contributed by atoms with Crippen LogP contribution in [0.1, 0.15) is 5.56 Å². The SMILES string of the molecule is O=C1NN(Nc2ccccc2)N/C1=C/c1ccc2cc(F)ccc2c1. The number of para-hydroxylation sites is 1. The normalized spacial score (nSPS) is 16.0. The Morgan fingerprint density at radius 2 is 1.68 bits per heavy atom. The zero-order chi connectivity index (χ0) is 17.2. The molecule has 4 rings (SSSR count). The molecule has 0 atom stereocenters. The Kier molecular flexibility index (Phi) is 3.80. The summed E-state index contributed by atoms with van der Waals surface area (Å²) in [7, 11) is 0. The van der Waals surface area contributed by atoms with E-state index in [0.717, 1.165) is 22.0 Å². The number of nitrogens with one attached hydrogen (secondary N) is 3. The van der Waals surface area contributed by atoms with E-state index < -0.39 is 0 Å². The molecule has 1 heterocycles. The fourth-order valence-corrected chi connectivity index (χ4v) is 2.65. The van der Waals surface area contributed by atoms with Crippen LogP contribution in [0.15, 0.2) is 72.4 Å². The molecule has 25 heavy (non-hydrogen) atoms. The van der Waals surface area contributed by atoms with Gasteiger partial charge in [-0.15, -0.1) is 0 Å². The van der Waals surface area contributed by atoms with E-state index >= 15 is 0 Å². The number of nitrogens with zero attached hydrogens (tertiary/aromatic N) is 1. The lowest BCUT2D eigenvalue weighted by molar-refractivity contribution is -0.118. The standard InChI is InChI=1S/C19H15FN4O/c20-16-9-8-14-10-13(6-7-15(14)12-16)11-18-19(25)23-24(22-18)21-17-4-2-1-3-5-17/h1-12,21-22H,(H,23,25)/b18-11+. The van der Waals surface area contributed by atoms with Crippen molar-refractivity contribution in [3.63, 3.8) is 0 Å². The van der Waals surface area contributed by atoms with Gasteiger partial charge in [-0.05, 0) is 58.0 Å². The van der Waals surface area contributed by atoms with Crippen LogP contribution in [0.5, 0.6) is 0 Å². The average molecular weight is 334 g/mol. The van der Waals surface area contributed by atoms with Gasteiger partial charge in [-0.3, -0.25) is 15.6 Å². The van der Waals surface area contributed by atoms with Gasteiger partial charge >= 0.3 is 0 Å². The van der Waals surface area contributed by atoms with Crippen molar-refractivity contribution in [3.05, 3.63) is 83.8 Å². The van der Waals surface area contributed by atoms with Crippen molar-refractivity contribution < 1.29 is 9.18 Å². The molecule has 0 bridgehead atoms. The van der Waals surface area contributed by atoms with Crippen LogP contribution in [-0.2, 0) is 4.79 Å². The molecule has 3 aromatic carbocycles. The third kappa shape index (κ3) is 3.29. The van der Waals surface area contributed by atoms with Crippen LogP contribution in [0.2, 0.25) is 0 Å². The molecule has 3 aromatic rings. The average Bonchev–Trinajstić information content (AvgIpc) is 2.95. The Balaban J connectivity index is 1.55. The monoisotopic (exact) mass is 334 g/mol. The van der Waals surface area contributed by atoms with Gasteiger partial charge in [0.2, 0.25) is 0 Å². The lowest BCUT2D eigenvalue weighted by Crippen LogP contribution is -2.43. The molecular weight excluding hydrogens is 319 g/mol. The van der Waals surface area contributed by atoms with Gasteiger partial charge in [0.1, 0.15) is 11.5 Å². The molecule has 0 aliphatic carbocycles. The number of halogens is 1. The van der Waals surface area contributed by atoms with Gasteiger partial charge in [-0.25, -0.2) is 9.82 Å². The molecule has 6 heteroatoms. The summed E-state index contributed by atoms with van der Waals surface area (Å²) < 4.78 is 13.3. The minimum atomic E-state index is -0.266. The Bertz CT molecular complexity index is 972. The van der Waals surface area contributed by atoms with Crippen molar-refractivity contribution in [2.75, 3.05) is 5.43 Å². The number of fused-ring (bicyclic) bond motifs is 1. The highest BCUT2D eigenvalue weighted by Crippen LogP contribution is 2.19. The molecule has 0 radical (unpaired) electrons. The highest BCUT2D eigenvalue weighted by Gasteiger charge is 2.23. The summed E-state index contributed by atoms with van der Waals surface area (Å²) in [6, 6.07) is 19.7. The van der Waals surface area contributed by atoms with Crippen molar-refractivity contribution in [2.24, 2.45) is 0 Å². The second kappa shape index (κ2) is 6.26. The number of carbonyl (C=O) groups excluding carboxylic acids is 1. The summed E-state index contributed by atoms with van der Waals surface area (Å²) in [5.41, 5.74) is 10.8. The number of anilines is 1. The maximum absolute atomic E-state index is 13.3. The van der Waals surface area contributed by atoms with Gasteiger partial charge in [-0.2, -0.15) is 0 Å². The first-order chi connectivity index (χ1) is 12.2. The van der Waals surface area contributed by atoms with E-state index in [0.29, 0.717) is 5.70 Å². The van der Waals surface area contributed by atoms with Crippen molar-refractivity contribution in [3.8, 4) is 0 Å². The quantitative estimate of drug-likeness (QED) is 0.644. The number of rotatable bonds is 3. The van der Waals surface area contributed by atoms with Gasteiger partial charge in [0.05, 0.1) is 5.69 Å². The van der Waals surface area contributed by atoms with E-state index in [-0.39, 0.29) is 11.7 Å². The van der Waals surface area contributed by atoms with E-state index in [4.69, 9.17) is 0 Å². The topological polar surface area (TPSA) is 56.4 Å². The number of hydrazine groups is 3. The zero-order valence-electron chi connectivity index (χ0n) is 13.2. The second-order valence-electron chi connectivity index (χ2n) is 5.67. The summed E-state index contributed by atoms with van der Waals surface area (Å²) >= 11 is 0. The van der Waals surface area contributed by atoms with E-state index in [1.165, 1.54) is 17.4 Å². The lowest BCUT2D eigenvalue weighted by atomic mass is 10.1. The Morgan fingerprint density at radius 1 is 0.920 bits per heavy atom. The molecule has 1 fully saturated rings. The van der Waals surface area contributed by atoms with E-state index in [2.05, 4.69) is 16.3 Å². The van der Waals surface area contributed by atoms with Gasteiger partial charge < -0.3 is 0 Å². The smallest absolute Gasteiger partial charge is 0.283 e. The second-order valence-corrected chi connectivity index (χ2v) is 5.67. The Morgan fingerprint density at radius 3 is 2.52 bits per heavy atom. The van der Waals surface area contributed by atoms with Gasteiger partial charge in [0, 0.05) is 0 Å². The molecule has 0 spiro atoms. The fraction of sp³-hybridized carbons (Fsp3) is 0. The van der Waals surface area contributed by atoms with Crippen molar-refractivity contribution >= 4 is 28.4 Å². The highest BCUT2D eigenvalue weighted by molar-refractivity contribution is 5.99. The van der Waals surface area contributed by atoms with Crippen molar-refractivity contribution in [1.82, 2.24) is 16.1 Å². The summed E-state index contributed by atoms with van der Waals surface area (Å²) in [4.78, 5) is 12.1. The predicted molar refractivity (Wildman–Crippen MR) is 95.1 cm³/mol. The molecular formula is C19H15FN4O. The Hall–Kier alpha value is -3.38. The number of amides is 1. The predicted octanol–water partition coefficient (Wildman–Crippen LogP) is 3.20. The van der Waals surface area contributed by atoms with Crippen LogP contribution in [-0.4, -0.2) is 11.1 Å². The molecule has 0 aromatic heterocycles. The van der Waals surface area contributed by atoms with Crippen LogP contribution in [0.4, 0.5) is 10.1 Å². The minimum Gasteiger partial charge on any atom is -0.283 e. The fourth-order valence-electron chi connectivity index (χ4n) is 2.65. The van der Waals surface area contributed by atoms with E-state index in [1.807, 2.05) is 48.5 Å². The lowest BCUT2D eigenvalue weighted by Gasteiger charge is -2.16. The van der Waals surface area contributed by atoms with Crippen LogP contribution >= 0.6 is 0 Å². The van der Waals surface area contributed by atoms with Gasteiger partial charge in [-0.1, -0.05) is 36.4 Å². The molecule has 124 valence electrons. The molecule has 1 amide bonds. The molecule has 3 N–H and O–H groups in total. The van der Waals surface area contributed by atoms with Crippen LogP contribution in [0, 0.1) is 5.82 Å². The number of benzene rings is 3. The van der Waals surface area contributed by atoms with Gasteiger partial charge in [0.15, 0.2) is 0 Å². The van der Waals surface area contributed by atoms with Crippen LogP contribution in [0.3, 0.4) is 0 Å². The van der Waals surface area contributed by atoms with Crippen molar-refractivity contribution in [1.29, 1.82) is 0 Å². The number of carbonyl (C=O) groups is 1. The first-order valence-electron chi connectivity index (χ1n) is 7.78. The summed E-state index contributed by atoms with van der Waals surface area (Å²) in [5.74, 6) is -0.513. The molecule has 0 saturated carbocycles. The van der Waals surface area contributed by atoms with E-state index in [9.17, 15) is 9.18 Å². The maximum atomic E-state index is 13.3. The molecule has 1 aliphatic heterocycles. The molecule has 1 aliphatic rings. The molecule has 1 saturated heterocycles. The number of hydrogen-bond acceptors (Lipinski definition) is 4. The number of hydrogen-bond donors (Lipinski definition) is 3. The third-order valence-electron chi connectivity index (χ3n) is 3.84. The maximum Gasteiger partial charge on any atom is 0.286 e. The zero-order valence-corrected chi connectivity index (χ0v) is 13.2. The summed E-state index contributed by atoms with van der Waals surface area (Å²) in [5, 5.41) is 3.13. The molecule has 0 unspecified atom stereocenters. The molecule has 5 nitrogen and oxygen atoms in total. The van der Waals surface area contributed by atoms with Crippen LogP contribution in [0.25, 0.3) is 16.8 Å². The van der Waals surface area contributed by atoms with Crippen molar-refractivity contribution in [2.45, 2.75) is 0 Å². The van der Waals surface area contributed by atoms with Gasteiger partial charge in [0.25, 0.3) is 5.91 Å². The third-order valence-corrected chi connectivity index (χ3v) is 3.84. The first-order valence-corrected chi connectivity index (χ1v) is 7.78. The Labute approximate surface area is 143 Å². The van der Waals surface area contributed by atoms with E-state index in [1.54, 1.807) is 12.1 Å². The minimum absolute atomic E-state index is 0.248. The van der Waals surface area contributed by atoms with Crippen LogP contribution < -0.4 is 16.3 Å². The summed E-state index contributed by atoms with van der Waals surface area (Å²) in [6.45, 7) is 0. The largest absolute Gasteiger partial charge is 0.286 e.